The van der Waals surface area contributed by atoms with E-state index in [1.165, 1.54) is 0 Å². The van der Waals surface area contributed by atoms with Crippen molar-refractivity contribution in [1.29, 1.82) is 0 Å². The number of nitrogens with two attached hydrogens (primary N) is 1. The largest absolute Gasteiger partial charge is 0.346 e. The first-order valence-corrected chi connectivity index (χ1v) is 10.1. The molecule has 0 spiro atoms. The van der Waals surface area contributed by atoms with Crippen LogP contribution < -0.4 is 16.6 Å². The second-order valence-corrected chi connectivity index (χ2v) is 7.93. The highest BCUT2D eigenvalue weighted by molar-refractivity contribution is 6.00. The minimum absolute atomic E-state index is 0.108. The predicted octanol–water partition coefficient (Wildman–Crippen LogP) is 2.18. The minimum atomic E-state index is 0.108. The zero-order chi connectivity index (χ0) is 18.4. The fourth-order valence-electron chi connectivity index (χ4n) is 4.52. The number of hydrogen-bond acceptors (Lipinski definition) is 5. The molecule has 0 saturated heterocycles. The Morgan fingerprint density at radius 2 is 2.04 bits per heavy atom. The number of H-pyrrole nitrogens is 1. The molecule has 7 nitrogen and oxygen atoms in total. The molecular weight excluding hydrogens is 340 g/mol. The second-order valence-electron chi connectivity index (χ2n) is 7.93. The highest BCUT2D eigenvalue weighted by atomic mass is 16.1. The SMILES string of the molecule is NCCNC1CCC(n2c(=O)c(C3CC3)nc3cnc4[nH]ccc4c32)CC1. The van der Waals surface area contributed by atoms with Crippen LogP contribution in [0.5, 0.6) is 0 Å². The summed E-state index contributed by atoms with van der Waals surface area (Å²) >= 11 is 0. The lowest BCUT2D eigenvalue weighted by Gasteiger charge is -2.31. The van der Waals surface area contributed by atoms with Gasteiger partial charge in [-0.05, 0) is 44.6 Å². The number of rotatable bonds is 5. The highest BCUT2D eigenvalue weighted by Crippen LogP contribution is 2.39. The Morgan fingerprint density at radius 1 is 1.22 bits per heavy atom. The van der Waals surface area contributed by atoms with Crippen LogP contribution in [-0.2, 0) is 0 Å². The van der Waals surface area contributed by atoms with Gasteiger partial charge in [0.25, 0.3) is 5.56 Å². The number of hydrogen-bond donors (Lipinski definition) is 3. The van der Waals surface area contributed by atoms with Crippen LogP contribution >= 0.6 is 0 Å². The van der Waals surface area contributed by atoms with Gasteiger partial charge >= 0.3 is 0 Å². The summed E-state index contributed by atoms with van der Waals surface area (Å²) in [5.41, 5.74) is 9.06. The van der Waals surface area contributed by atoms with Crippen molar-refractivity contribution in [3.8, 4) is 0 Å². The first kappa shape index (κ1) is 16.9. The smallest absolute Gasteiger partial charge is 0.273 e. The maximum atomic E-state index is 13.4. The van der Waals surface area contributed by atoms with Crippen LogP contribution in [0.15, 0.2) is 23.3 Å². The van der Waals surface area contributed by atoms with Crippen LogP contribution in [0.3, 0.4) is 0 Å². The summed E-state index contributed by atoms with van der Waals surface area (Å²) in [4.78, 5) is 25.8. The van der Waals surface area contributed by atoms with E-state index in [4.69, 9.17) is 10.7 Å². The van der Waals surface area contributed by atoms with Crippen molar-refractivity contribution in [3.05, 3.63) is 34.5 Å². The van der Waals surface area contributed by atoms with Crippen molar-refractivity contribution in [1.82, 2.24) is 24.8 Å². The molecule has 3 aromatic heterocycles. The van der Waals surface area contributed by atoms with Gasteiger partial charge in [-0.3, -0.25) is 4.79 Å². The zero-order valence-electron chi connectivity index (χ0n) is 15.4. The van der Waals surface area contributed by atoms with E-state index in [0.717, 1.165) is 72.8 Å². The van der Waals surface area contributed by atoms with Crippen LogP contribution in [-0.4, -0.2) is 38.7 Å². The Hall–Kier alpha value is -2.25. The van der Waals surface area contributed by atoms with E-state index in [9.17, 15) is 4.79 Å². The van der Waals surface area contributed by atoms with Gasteiger partial charge in [-0.1, -0.05) is 0 Å². The van der Waals surface area contributed by atoms with E-state index < -0.39 is 0 Å². The summed E-state index contributed by atoms with van der Waals surface area (Å²) in [6, 6.07) is 2.73. The van der Waals surface area contributed by atoms with Crippen molar-refractivity contribution in [2.75, 3.05) is 13.1 Å². The Balaban J connectivity index is 1.60. The molecule has 2 saturated carbocycles. The Kier molecular flexibility index (Phi) is 4.21. The van der Waals surface area contributed by atoms with Crippen molar-refractivity contribution < 1.29 is 0 Å². The molecule has 2 fully saturated rings. The third-order valence-corrected chi connectivity index (χ3v) is 6.06. The van der Waals surface area contributed by atoms with E-state index >= 15 is 0 Å². The van der Waals surface area contributed by atoms with Crippen molar-refractivity contribution in [2.45, 2.75) is 56.5 Å². The van der Waals surface area contributed by atoms with Crippen LogP contribution in [0.1, 0.15) is 56.2 Å². The van der Waals surface area contributed by atoms with Crippen molar-refractivity contribution >= 4 is 22.1 Å². The number of nitrogens with one attached hydrogen (secondary N) is 2. The number of aromatic nitrogens is 4. The molecule has 3 heterocycles. The van der Waals surface area contributed by atoms with E-state index in [2.05, 4.69) is 15.3 Å². The quantitative estimate of drug-likeness (QED) is 0.642. The average Bonchev–Trinajstić information content (AvgIpc) is 3.42. The molecule has 2 aliphatic carbocycles. The van der Waals surface area contributed by atoms with Gasteiger partial charge in [-0.2, -0.15) is 0 Å². The zero-order valence-corrected chi connectivity index (χ0v) is 15.4. The number of fused-ring (bicyclic) bond motifs is 3. The monoisotopic (exact) mass is 366 g/mol. The fourth-order valence-corrected chi connectivity index (χ4v) is 4.52. The summed E-state index contributed by atoms with van der Waals surface area (Å²) in [6.07, 6.45) is 9.98. The van der Waals surface area contributed by atoms with Gasteiger partial charge < -0.3 is 20.6 Å². The Bertz CT molecular complexity index is 1030. The van der Waals surface area contributed by atoms with E-state index in [0.29, 0.717) is 18.5 Å². The van der Waals surface area contributed by atoms with Crippen LogP contribution in [0.2, 0.25) is 0 Å². The molecule has 0 aromatic carbocycles. The molecule has 5 rings (SSSR count). The standard InChI is InChI=1S/C20H26N6O/c21-8-10-22-13-3-5-14(6-4-13)26-18-15-7-9-23-19(15)24-11-16(18)25-17(20(26)27)12-1-2-12/h7,9,11-14,22H,1-6,8,10,21H2,(H,23,24). The maximum Gasteiger partial charge on any atom is 0.273 e. The molecule has 0 radical (unpaired) electrons. The molecule has 0 atom stereocenters. The van der Waals surface area contributed by atoms with Gasteiger partial charge in [-0.25, -0.2) is 9.97 Å². The van der Waals surface area contributed by atoms with Gasteiger partial charge in [0.05, 0.1) is 11.7 Å². The Morgan fingerprint density at radius 3 is 2.78 bits per heavy atom. The lowest BCUT2D eigenvalue weighted by atomic mass is 9.90. The number of aromatic amines is 1. The molecule has 0 aliphatic heterocycles. The van der Waals surface area contributed by atoms with Crippen LogP contribution in [0, 0.1) is 0 Å². The fraction of sp³-hybridized carbons (Fsp3) is 0.550. The lowest BCUT2D eigenvalue weighted by molar-refractivity contribution is 0.293. The highest BCUT2D eigenvalue weighted by Gasteiger charge is 2.32. The molecule has 142 valence electrons. The minimum Gasteiger partial charge on any atom is -0.346 e. The first-order valence-electron chi connectivity index (χ1n) is 10.1. The summed E-state index contributed by atoms with van der Waals surface area (Å²) < 4.78 is 2.05. The predicted molar refractivity (Wildman–Crippen MR) is 106 cm³/mol. The van der Waals surface area contributed by atoms with E-state index in [1.54, 1.807) is 0 Å². The van der Waals surface area contributed by atoms with E-state index in [-0.39, 0.29) is 11.6 Å². The summed E-state index contributed by atoms with van der Waals surface area (Å²) in [7, 11) is 0. The molecule has 7 heteroatoms. The summed E-state index contributed by atoms with van der Waals surface area (Å²) in [6.45, 7) is 1.52. The van der Waals surface area contributed by atoms with Gasteiger partial charge in [-0.15, -0.1) is 0 Å². The van der Waals surface area contributed by atoms with Crippen LogP contribution in [0.4, 0.5) is 0 Å². The number of pyridine rings is 1. The summed E-state index contributed by atoms with van der Waals surface area (Å²) in [5.74, 6) is 0.331. The van der Waals surface area contributed by atoms with Crippen LogP contribution in [0.25, 0.3) is 22.1 Å². The van der Waals surface area contributed by atoms with Crippen molar-refractivity contribution in [2.24, 2.45) is 5.73 Å². The topological polar surface area (TPSA) is 102 Å². The van der Waals surface area contributed by atoms with Crippen molar-refractivity contribution in [3.63, 3.8) is 0 Å². The second kappa shape index (κ2) is 6.73. The van der Waals surface area contributed by atoms with Gasteiger partial charge in [0, 0.05) is 42.7 Å². The molecule has 3 aromatic rings. The lowest BCUT2D eigenvalue weighted by Crippen LogP contribution is -2.38. The number of nitrogens with zero attached hydrogens (tertiary/aromatic N) is 3. The summed E-state index contributed by atoms with van der Waals surface area (Å²) in [5, 5.41) is 4.51. The average molecular weight is 366 g/mol. The molecule has 2 aliphatic rings. The molecule has 0 bridgehead atoms. The van der Waals surface area contributed by atoms with Gasteiger partial charge in [0.15, 0.2) is 0 Å². The first-order chi connectivity index (χ1) is 13.3. The molecule has 0 amide bonds. The van der Waals surface area contributed by atoms with Gasteiger partial charge in [0.1, 0.15) is 16.9 Å². The third-order valence-electron chi connectivity index (χ3n) is 6.06. The molecule has 27 heavy (non-hydrogen) atoms. The van der Waals surface area contributed by atoms with E-state index in [1.807, 2.05) is 23.0 Å². The molecule has 0 unspecified atom stereocenters. The van der Waals surface area contributed by atoms with Gasteiger partial charge in [0.2, 0.25) is 0 Å². The normalized spacial score (nSPS) is 23.3. The molecule has 4 N–H and O–H groups in total. The Labute approximate surface area is 157 Å². The third kappa shape index (κ3) is 2.95. The maximum absolute atomic E-state index is 13.4. The molecular formula is C20H26N6O.